The van der Waals surface area contributed by atoms with Crippen LogP contribution >= 0.6 is 15.9 Å². The number of nitrogens with zero attached hydrogens (tertiary/aromatic N) is 2. The van der Waals surface area contributed by atoms with Gasteiger partial charge in [-0.3, -0.25) is 0 Å². The van der Waals surface area contributed by atoms with E-state index in [-0.39, 0.29) is 0 Å². The standard InChI is InChI=1S/C16H22BrN3O/c1-2-5-12(10-11-18)8-9-15-19-16(20-21-15)13-6-3-4-7-14(13)17/h3-4,6-7,12H,2,5,8-11,18H2,1H3. The molecule has 4 nitrogen and oxygen atoms in total. The first-order chi connectivity index (χ1) is 10.2. The Bertz CT molecular complexity index is 550. The van der Waals surface area contributed by atoms with Crippen LogP contribution in [0.4, 0.5) is 0 Å². The van der Waals surface area contributed by atoms with E-state index in [4.69, 9.17) is 10.3 Å². The second-order valence-corrected chi connectivity index (χ2v) is 6.12. The Morgan fingerprint density at radius 2 is 2.05 bits per heavy atom. The van der Waals surface area contributed by atoms with E-state index in [2.05, 4.69) is 33.0 Å². The monoisotopic (exact) mass is 351 g/mol. The van der Waals surface area contributed by atoms with Crippen LogP contribution < -0.4 is 5.73 Å². The van der Waals surface area contributed by atoms with Crippen molar-refractivity contribution in [3.05, 3.63) is 34.6 Å². The normalized spacial score (nSPS) is 12.5. The van der Waals surface area contributed by atoms with E-state index in [9.17, 15) is 0 Å². The molecule has 0 aliphatic rings. The molecule has 1 unspecified atom stereocenters. The van der Waals surface area contributed by atoms with E-state index in [1.165, 1.54) is 12.8 Å². The van der Waals surface area contributed by atoms with Crippen LogP contribution in [0.25, 0.3) is 11.4 Å². The minimum Gasteiger partial charge on any atom is -0.339 e. The van der Waals surface area contributed by atoms with Crippen LogP contribution in [0.1, 0.15) is 38.5 Å². The quantitative estimate of drug-likeness (QED) is 0.773. The van der Waals surface area contributed by atoms with Gasteiger partial charge in [0.15, 0.2) is 0 Å². The number of aromatic nitrogens is 2. The van der Waals surface area contributed by atoms with Gasteiger partial charge in [-0.25, -0.2) is 0 Å². The van der Waals surface area contributed by atoms with Gasteiger partial charge in [0, 0.05) is 16.5 Å². The van der Waals surface area contributed by atoms with Gasteiger partial charge in [-0.15, -0.1) is 0 Å². The highest BCUT2D eigenvalue weighted by Crippen LogP contribution is 2.26. The summed E-state index contributed by atoms with van der Waals surface area (Å²) in [7, 11) is 0. The molecule has 0 saturated heterocycles. The molecule has 0 aliphatic carbocycles. The van der Waals surface area contributed by atoms with Gasteiger partial charge in [-0.05, 0) is 37.4 Å². The Morgan fingerprint density at radius 1 is 1.24 bits per heavy atom. The number of halogens is 1. The van der Waals surface area contributed by atoms with Gasteiger partial charge in [-0.1, -0.05) is 53.0 Å². The third-order valence-corrected chi connectivity index (χ3v) is 4.31. The molecule has 1 heterocycles. The minimum absolute atomic E-state index is 0.642. The molecule has 2 aromatic rings. The highest BCUT2D eigenvalue weighted by molar-refractivity contribution is 9.10. The Balaban J connectivity index is 1.98. The highest BCUT2D eigenvalue weighted by atomic mass is 79.9. The van der Waals surface area contributed by atoms with Gasteiger partial charge in [0.1, 0.15) is 0 Å². The van der Waals surface area contributed by atoms with Crippen molar-refractivity contribution in [1.29, 1.82) is 0 Å². The fourth-order valence-corrected chi connectivity index (χ4v) is 2.98. The molecule has 0 radical (unpaired) electrons. The predicted octanol–water partition coefficient (Wildman–Crippen LogP) is 4.20. The highest BCUT2D eigenvalue weighted by Gasteiger charge is 2.13. The summed E-state index contributed by atoms with van der Waals surface area (Å²) >= 11 is 3.51. The molecule has 0 aliphatic heterocycles. The first-order valence-electron chi connectivity index (χ1n) is 7.52. The number of aryl methyl sites for hydroxylation is 1. The minimum atomic E-state index is 0.642. The maximum atomic E-state index is 5.67. The van der Waals surface area contributed by atoms with Crippen LogP contribution in [0, 0.1) is 5.92 Å². The van der Waals surface area contributed by atoms with Crippen LogP contribution in [0.2, 0.25) is 0 Å². The molecule has 2 rings (SSSR count). The Hall–Kier alpha value is -1.20. The van der Waals surface area contributed by atoms with E-state index in [0.717, 1.165) is 35.8 Å². The van der Waals surface area contributed by atoms with E-state index < -0.39 is 0 Å². The summed E-state index contributed by atoms with van der Waals surface area (Å²) in [6.45, 7) is 2.96. The Kier molecular flexibility index (Phi) is 6.39. The third kappa shape index (κ3) is 4.64. The van der Waals surface area contributed by atoms with Gasteiger partial charge >= 0.3 is 0 Å². The lowest BCUT2D eigenvalue weighted by Crippen LogP contribution is -2.09. The molecule has 5 heteroatoms. The van der Waals surface area contributed by atoms with Gasteiger partial charge in [0.25, 0.3) is 0 Å². The largest absolute Gasteiger partial charge is 0.339 e. The molecular weight excluding hydrogens is 330 g/mol. The third-order valence-electron chi connectivity index (χ3n) is 3.62. The Labute approximate surface area is 134 Å². The molecule has 1 aromatic carbocycles. The van der Waals surface area contributed by atoms with Crippen molar-refractivity contribution in [2.45, 2.75) is 39.0 Å². The van der Waals surface area contributed by atoms with Crippen molar-refractivity contribution in [3.8, 4) is 11.4 Å². The van der Waals surface area contributed by atoms with Crippen LogP contribution in [0.5, 0.6) is 0 Å². The molecule has 0 spiro atoms. The molecule has 2 N–H and O–H groups in total. The van der Waals surface area contributed by atoms with Crippen LogP contribution in [0.15, 0.2) is 33.3 Å². The Morgan fingerprint density at radius 3 is 2.76 bits per heavy atom. The molecule has 1 atom stereocenters. The second kappa shape index (κ2) is 8.29. The van der Waals surface area contributed by atoms with Crippen LogP contribution in [-0.4, -0.2) is 16.7 Å². The lowest BCUT2D eigenvalue weighted by atomic mass is 9.94. The average molecular weight is 352 g/mol. The summed E-state index contributed by atoms with van der Waals surface area (Å²) < 4.78 is 6.34. The fraction of sp³-hybridized carbons (Fsp3) is 0.500. The maximum Gasteiger partial charge on any atom is 0.226 e. The lowest BCUT2D eigenvalue weighted by molar-refractivity contribution is 0.349. The van der Waals surface area contributed by atoms with E-state index >= 15 is 0 Å². The summed E-state index contributed by atoms with van der Waals surface area (Å²) in [6.07, 6.45) is 5.35. The lowest BCUT2D eigenvalue weighted by Gasteiger charge is -2.13. The van der Waals surface area contributed by atoms with Crippen LogP contribution in [0.3, 0.4) is 0 Å². The van der Waals surface area contributed by atoms with Crippen molar-refractivity contribution < 1.29 is 4.52 Å². The molecule has 0 bridgehead atoms. The SMILES string of the molecule is CCCC(CCN)CCc1nc(-c2ccccc2Br)no1. The van der Waals surface area contributed by atoms with Crippen molar-refractivity contribution in [1.82, 2.24) is 10.1 Å². The number of rotatable bonds is 8. The summed E-state index contributed by atoms with van der Waals surface area (Å²) in [4.78, 5) is 4.49. The predicted molar refractivity (Wildman–Crippen MR) is 87.8 cm³/mol. The molecule has 0 fully saturated rings. The molecule has 1 aromatic heterocycles. The number of nitrogens with two attached hydrogens (primary N) is 1. The van der Waals surface area contributed by atoms with Gasteiger partial charge in [-0.2, -0.15) is 4.98 Å². The van der Waals surface area contributed by atoms with Crippen molar-refractivity contribution in [2.75, 3.05) is 6.54 Å². The summed E-state index contributed by atoms with van der Waals surface area (Å²) in [5, 5.41) is 4.08. The first-order valence-corrected chi connectivity index (χ1v) is 8.31. The topological polar surface area (TPSA) is 64.9 Å². The first kappa shape index (κ1) is 16.2. The smallest absolute Gasteiger partial charge is 0.226 e. The summed E-state index contributed by atoms with van der Waals surface area (Å²) in [5.41, 5.74) is 6.63. The molecule has 0 amide bonds. The summed E-state index contributed by atoms with van der Waals surface area (Å²) in [5.74, 6) is 2.00. The number of hydrogen-bond acceptors (Lipinski definition) is 4. The number of benzene rings is 1. The second-order valence-electron chi connectivity index (χ2n) is 5.26. The molecule has 114 valence electrons. The molecule has 0 saturated carbocycles. The van der Waals surface area contributed by atoms with Crippen molar-refractivity contribution in [2.24, 2.45) is 11.7 Å². The van der Waals surface area contributed by atoms with E-state index in [1.54, 1.807) is 0 Å². The number of hydrogen-bond donors (Lipinski definition) is 1. The molecule has 21 heavy (non-hydrogen) atoms. The molecular formula is C16H22BrN3O. The zero-order valence-electron chi connectivity index (χ0n) is 12.4. The van der Waals surface area contributed by atoms with E-state index in [1.807, 2.05) is 24.3 Å². The van der Waals surface area contributed by atoms with Gasteiger partial charge in [0.05, 0.1) is 0 Å². The zero-order chi connectivity index (χ0) is 15.1. The maximum absolute atomic E-state index is 5.67. The zero-order valence-corrected chi connectivity index (χ0v) is 14.0. The van der Waals surface area contributed by atoms with Crippen LogP contribution in [-0.2, 0) is 6.42 Å². The average Bonchev–Trinajstić information content (AvgIpc) is 2.94. The fourth-order valence-electron chi connectivity index (χ4n) is 2.51. The van der Waals surface area contributed by atoms with Crippen molar-refractivity contribution >= 4 is 15.9 Å². The van der Waals surface area contributed by atoms with Gasteiger partial charge in [0.2, 0.25) is 11.7 Å². The summed E-state index contributed by atoms with van der Waals surface area (Å²) in [6, 6.07) is 7.89. The van der Waals surface area contributed by atoms with Gasteiger partial charge < -0.3 is 10.3 Å². The van der Waals surface area contributed by atoms with E-state index in [0.29, 0.717) is 17.6 Å². The van der Waals surface area contributed by atoms with Crippen molar-refractivity contribution in [3.63, 3.8) is 0 Å².